The normalized spacial score (nSPS) is 18.5. The van der Waals surface area contributed by atoms with E-state index in [0.29, 0.717) is 5.56 Å². The lowest BCUT2D eigenvalue weighted by Crippen LogP contribution is -2.52. The van der Waals surface area contributed by atoms with Crippen LogP contribution in [0.2, 0.25) is 0 Å². The second-order valence-electron chi connectivity index (χ2n) is 5.95. The largest absolute Gasteiger partial charge is 0.333 e. The number of nitrogens with zero attached hydrogens (tertiary/aromatic N) is 3. The molecule has 5 heteroatoms. The first-order valence-electron chi connectivity index (χ1n) is 7.71. The molecule has 22 heavy (non-hydrogen) atoms. The van der Waals surface area contributed by atoms with Crippen molar-refractivity contribution in [2.24, 2.45) is 0 Å². The number of hydrogen-bond acceptors (Lipinski definition) is 3. The van der Waals surface area contributed by atoms with Crippen molar-refractivity contribution in [1.82, 2.24) is 20.0 Å². The van der Waals surface area contributed by atoms with E-state index in [9.17, 15) is 4.79 Å². The van der Waals surface area contributed by atoms with Crippen molar-refractivity contribution in [1.29, 1.82) is 0 Å². The number of aryl methyl sites for hydroxylation is 1. The van der Waals surface area contributed by atoms with Crippen LogP contribution >= 0.6 is 0 Å². The number of benzene rings is 1. The number of aromatic nitrogens is 2. The molecule has 0 unspecified atom stereocenters. The zero-order valence-corrected chi connectivity index (χ0v) is 13.3. The van der Waals surface area contributed by atoms with Gasteiger partial charge in [0.15, 0.2) is 0 Å². The summed E-state index contributed by atoms with van der Waals surface area (Å²) in [6.07, 6.45) is 1.69. The standard InChI is InChI=1S/C17H22N4O/c1-12-5-4-6-15(9-12)21-14(3)16(11-19-21)17(22)20-8-7-18-10-13(20)2/h4-6,9,11,13,18H,7-8,10H2,1-3H3/t13-/m1/s1. The molecule has 2 heterocycles. The van der Waals surface area contributed by atoms with Gasteiger partial charge in [-0.3, -0.25) is 4.79 Å². The van der Waals surface area contributed by atoms with Gasteiger partial charge >= 0.3 is 0 Å². The van der Waals surface area contributed by atoms with Crippen LogP contribution < -0.4 is 5.32 Å². The Kier molecular flexibility index (Phi) is 3.98. The molecule has 1 aromatic carbocycles. The van der Waals surface area contributed by atoms with Gasteiger partial charge in [-0.2, -0.15) is 5.10 Å². The molecule has 1 atom stereocenters. The van der Waals surface area contributed by atoms with Crippen molar-refractivity contribution in [3.05, 3.63) is 47.3 Å². The Hall–Kier alpha value is -2.14. The molecule has 3 rings (SSSR count). The molecule has 2 aromatic rings. The molecule has 5 nitrogen and oxygen atoms in total. The monoisotopic (exact) mass is 298 g/mol. The quantitative estimate of drug-likeness (QED) is 0.921. The van der Waals surface area contributed by atoms with Gasteiger partial charge in [0.2, 0.25) is 0 Å². The first kappa shape index (κ1) is 14.8. The van der Waals surface area contributed by atoms with Gasteiger partial charge in [-0.05, 0) is 38.5 Å². The minimum atomic E-state index is 0.0744. The fourth-order valence-electron chi connectivity index (χ4n) is 2.94. The Morgan fingerprint density at radius 2 is 2.18 bits per heavy atom. The van der Waals surface area contributed by atoms with Gasteiger partial charge in [-0.15, -0.1) is 0 Å². The molecule has 1 saturated heterocycles. The van der Waals surface area contributed by atoms with E-state index < -0.39 is 0 Å². The third kappa shape index (κ3) is 2.64. The highest BCUT2D eigenvalue weighted by molar-refractivity contribution is 5.95. The highest BCUT2D eigenvalue weighted by Gasteiger charge is 2.26. The van der Waals surface area contributed by atoms with Crippen LogP contribution in [0.1, 0.15) is 28.5 Å². The van der Waals surface area contributed by atoms with E-state index in [1.165, 1.54) is 5.56 Å². The summed E-state index contributed by atoms with van der Waals surface area (Å²) in [6, 6.07) is 8.35. The molecule has 0 bridgehead atoms. The molecular formula is C17H22N4O. The zero-order chi connectivity index (χ0) is 15.7. The van der Waals surface area contributed by atoms with Gasteiger partial charge in [0, 0.05) is 25.7 Å². The van der Waals surface area contributed by atoms with E-state index in [1.807, 2.05) is 28.6 Å². The summed E-state index contributed by atoms with van der Waals surface area (Å²) in [5.74, 6) is 0.0744. The number of carbonyl (C=O) groups excluding carboxylic acids is 1. The molecule has 1 N–H and O–H groups in total. The van der Waals surface area contributed by atoms with Gasteiger partial charge in [0.05, 0.1) is 23.1 Å². The van der Waals surface area contributed by atoms with Crippen LogP contribution in [0, 0.1) is 13.8 Å². The number of rotatable bonds is 2. The Balaban J connectivity index is 1.91. The number of carbonyl (C=O) groups is 1. The van der Waals surface area contributed by atoms with Crippen molar-refractivity contribution >= 4 is 5.91 Å². The predicted octanol–water partition coefficient (Wildman–Crippen LogP) is 1.92. The molecule has 1 amide bonds. The molecule has 116 valence electrons. The summed E-state index contributed by atoms with van der Waals surface area (Å²) in [7, 11) is 0. The van der Waals surface area contributed by atoms with E-state index in [2.05, 4.69) is 36.4 Å². The number of piperazine rings is 1. The minimum Gasteiger partial charge on any atom is -0.333 e. The van der Waals surface area contributed by atoms with Gasteiger partial charge in [-0.25, -0.2) is 4.68 Å². The van der Waals surface area contributed by atoms with Crippen molar-refractivity contribution < 1.29 is 4.79 Å². The van der Waals surface area contributed by atoms with Crippen molar-refractivity contribution in [2.45, 2.75) is 26.8 Å². The lowest BCUT2D eigenvalue weighted by atomic mass is 10.1. The lowest BCUT2D eigenvalue weighted by Gasteiger charge is -2.33. The van der Waals surface area contributed by atoms with E-state index in [0.717, 1.165) is 31.0 Å². The predicted molar refractivity (Wildman–Crippen MR) is 86.4 cm³/mol. The summed E-state index contributed by atoms with van der Waals surface area (Å²) in [5, 5.41) is 7.73. The fourth-order valence-corrected chi connectivity index (χ4v) is 2.94. The summed E-state index contributed by atoms with van der Waals surface area (Å²) in [6.45, 7) is 8.52. The van der Waals surface area contributed by atoms with Crippen molar-refractivity contribution in [2.75, 3.05) is 19.6 Å². The van der Waals surface area contributed by atoms with Gasteiger partial charge in [-0.1, -0.05) is 12.1 Å². The molecular weight excluding hydrogens is 276 g/mol. The van der Waals surface area contributed by atoms with E-state index in [-0.39, 0.29) is 11.9 Å². The molecule has 1 aliphatic rings. The van der Waals surface area contributed by atoms with Gasteiger partial charge < -0.3 is 10.2 Å². The molecule has 0 aliphatic carbocycles. The molecule has 0 saturated carbocycles. The number of nitrogens with one attached hydrogen (secondary N) is 1. The van der Waals surface area contributed by atoms with Crippen LogP contribution in [0.3, 0.4) is 0 Å². The molecule has 0 radical (unpaired) electrons. The first-order chi connectivity index (χ1) is 10.6. The number of hydrogen-bond donors (Lipinski definition) is 1. The lowest BCUT2D eigenvalue weighted by molar-refractivity contribution is 0.0655. The molecule has 0 spiro atoms. The Morgan fingerprint density at radius 1 is 1.36 bits per heavy atom. The van der Waals surface area contributed by atoms with E-state index >= 15 is 0 Å². The minimum absolute atomic E-state index is 0.0744. The van der Waals surface area contributed by atoms with Crippen LogP contribution in [0.4, 0.5) is 0 Å². The summed E-state index contributed by atoms with van der Waals surface area (Å²) < 4.78 is 1.84. The van der Waals surface area contributed by atoms with E-state index in [4.69, 9.17) is 0 Å². The maximum Gasteiger partial charge on any atom is 0.257 e. The third-order valence-corrected chi connectivity index (χ3v) is 4.25. The SMILES string of the molecule is Cc1cccc(-n2ncc(C(=O)N3CCNC[C@H]3C)c2C)c1. The second-order valence-corrected chi connectivity index (χ2v) is 5.95. The first-order valence-corrected chi connectivity index (χ1v) is 7.71. The second kappa shape index (κ2) is 5.93. The Labute approximate surface area is 130 Å². The number of amides is 1. The third-order valence-electron chi connectivity index (χ3n) is 4.25. The summed E-state index contributed by atoms with van der Waals surface area (Å²) >= 11 is 0. The highest BCUT2D eigenvalue weighted by Crippen LogP contribution is 2.18. The average molecular weight is 298 g/mol. The summed E-state index contributed by atoms with van der Waals surface area (Å²) in [4.78, 5) is 14.7. The smallest absolute Gasteiger partial charge is 0.257 e. The summed E-state index contributed by atoms with van der Waals surface area (Å²) in [5.41, 5.74) is 3.75. The molecule has 1 aliphatic heterocycles. The highest BCUT2D eigenvalue weighted by atomic mass is 16.2. The van der Waals surface area contributed by atoms with Gasteiger partial charge in [0.25, 0.3) is 5.91 Å². The maximum atomic E-state index is 12.8. The van der Waals surface area contributed by atoms with Crippen LogP contribution in [0.15, 0.2) is 30.5 Å². The molecule has 1 aromatic heterocycles. The Morgan fingerprint density at radius 3 is 2.91 bits per heavy atom. The topological polar surface area (TPSA) is 50.2 Å². The van der Waals surface area contributed by atoms with Crippen LogP contribution in [-0.4, -0.2) is 46.3 Å². The Bertz CT molecular complexity index is 692. The fraction of sp³-hybridized carbons (Fsp3) is 0.412. The van der Waals surface area contributed by atoms with Crippen LogP contribution in [0.5, 0.6) is 0 Å². The van der Waals surface area contributed by atoms with Crippen molar-refractivity contribution in [3.8, 4) is 5.69 Å². The van der Waals surface area contributed by atoms with E-state index in [1.54, 1.807) is 6.20 Å². The average Bonchev–Trinajstić information content (AvgIpc) is 2.89. The van der Waals surface area contributed by atoms with Crippen molar-refractivity contribution in [3.63, 3.8) is 0 Å². The zero-order valence-electron chi connectivity index (χ0n) is 13.3. The molecule has 1 fully saturated rings. The van der Waals surface area contributed by atoms with Gasteiger partial charge in [0.1, 0.15) is 0 Å². The maximum absolute atomic E-state index is 12.8. The van der Waals surface area contributed by atoms with Crippen LogP contribution in [0.25, 0.3) is 5.69 Å². The van der Waals surface area contributed by atoms with Crippen LogP contribution in [-0.2, 0) is 0 Å².